The first-order valence-corrected chi connectivity index (χ1v) is 6.42. The zero-order valence-electron chi connectivity index (χ0n) is 11.9. The quantitative estimate of drug-likeness (QED) is 0.882. The Hall–Kier alpha value is -2.10. The summed E-state index contributed by atoms with van der Waals surface area (Å²) in [7, 11) is 1.87. The fraction of sp³-hybridized carbons (Fsp3) is 0.333. The van der Waals surface area contributed by atoms with Crippen molar-refractivity contribution in [2.24, 2.45) is 0 Å². The van der Waals surface area contributed by atoms with E-state index >= 15 is 0 Å². The highest BCUT2D eigenvalue weighted by Gasteiger charge is 2.07. The van der Waals surface area contributed by atoms with Crippen LogP contribution in [0.15, 0.2) is 24.3 Å². The van der Waals surface area contributed by atoms with Crippen molar-refractivity contribution in [1.29, 1.82) is 0 Å². The maximum Gasteiger partial charge on any atom is 0.135 e. The van der Waals surface area contributed by atoms with Crippen LogP contribution in [0.5, 0.6) is 0 Å². The predicted octanol–water partition coefficient (Wildman–Crippen LogP) is 3.06. The molecule has 4 heteroatoms. The minimum atomic E-state index is 0.765. The molecule has 0 bridgehead atoms. The van der Waals surface area contributed by atoms with Crippen molar-refractivity contribution in [3.05, 3.63) is 46.8 Å². The summed E-state index contributed by atoms with van der Waals surface area (Å²) in [6.07, 6.45) is 0. The molecule has 1 aromatic heterocycles. The Kier molecular flexibility index (Phi) is 4.00. The third-order valence-electron chi connectivity index (χ3n) is 3.04. The number of benzene rings is 1. The maximum atomic E-state index is 4.46. The lowest BCUT2D eigenvalue weighted by Crippen LogP contribution is -2.08. The molecule has 0 aliphatic carbocycles. The van der Waals surface area contributed by atoms with Crippen molar-refractivity contribution in [2.45, 2.75) is 27.3 Å². The number of nitrogens with one attached hydrogen (secondary N) is 2. The molecule has 0 atom stereocenters. The van der Waals surface area contributed by atoms with Gasteiger partial charge in [-0.05, 0) is 26.3 Å². The van der Waals surface area contributed by atoms with E-state index in [1.807, 2.05) is 20.9 Å². The highest BCUT2D eigenvalue weighted by molar-refractivity contribution is 5.57. The van der Waals surface area contributed by atoms with Crippen LogP contribution in [-0.4, -0.2) is 17.0 Å². The van der Waals surface area contributed by atoms with E-state index < -0.39 is 0 Å². The van der Waals surface area contributed by atoms with Crippen LogP contribution in [0.3, 0.4) is 0 Å². The van der Waals surface area contributed by atoms with Crippen molar-refractivity contribution in [3.63, 3.8) is 0 Å². The Balaban J connectivity index is 2.17. The first-order chi connectivity index (χ1) is 9.10. The Labute approximate surface area is 114 Å². The molecule has 1 aromatic carbocycles. The lowest BCUT2D eigenvalue weighted by Gasteiger charge is -2.12. The van der Waals surface area contributed by atoms with Gasteiger partial charge in [-0.3, -0.25) is 0 Å². The van der Waals surface area contributed by atoms with E-state index in [4.69, 9.17) is 0 Å². The topological polar surface area (TPSA) is 49.8 Å². The summed E-state index contributed by atoms with van der Waals surface area (Å²) in [5, 5.41) is 6.47. The molecule has 1 heterocycles. The Morgan fingerprint density at radius 1 is 1.05 bits per heavy atom. The fourth-order valence-electron chi connectivity index (χ4n) is 2.05. The monoisotopic (exact) mass is 256 g/mol. The van der Waals surface area contributed by atoms with Crippen molar-refractivity contribution in [2.75, 3.05) is 17.7 Å². The first kappa shape index (κ1) is 13.3. The van der Waals surface area contributed by atoms with Crippen LogP contribution in [-0.2, 0) is 6.54 Å². The van der Waals surface area contributed by atoms with Crippen LogP contribution in [0.1, 0.15) is 22.5 Å². The molecular weight excluding hydrogens is 236 g/mol. The van der Waals surface area contributed by atoms with Crippen LogP contribution in [0, 0.1) is 20.8 Å². The van der Waals surface area contributed by atoms with E-state index in [1.54, 1.807) is 0 Å². The normalized spacial score (nSPS) is 10.3. The molecule has 2 aromatic rings. The molecule has 4 nitrogen and oxygen atoms in total. The molecule has 2 N–H and O–H groups in total. The molecule has 0 aliphatic rings. The second-order valence-electron chi connectivity index (χ2n) is 4.69. The summed E-state index contributed by atoms with van der Waals surface area (Å²) in [6, 6.07) is 8.46. The highest BCUT2D eigenvalue weighted by Crippen LogP contribution is 2.20. The van der Waals surface area contributed by atoms with Gasteiger partial charge in [-0.25, -0.2) is 9.97 Å². The number of aryl methyl sites for hydroxylation is 2. The number of anilines is 2. The lowest BCUT2D eigenvalue weighted by molar-refractivity contribution is 1.00. The Morgan fingerprint density at radius 2 is 1.79 bits per heavy atom. The maximum absolute atomic E-state index is 4.46. The second-order valence-corrected chi connectivity index (χ2v) is 4.69. The second kappa shape index (κ2) is 5.69. The molecule has 0 saturated carbocycles. The van der Waals surface area contributed by atoms with E-state index in [2.05, 4.69) is 51.8 Å². The third-order valence-corrected chi connectivity index (χ3v) is 3.04. The number of hydrogen-bond acceptors (Lipinski definition) is 4. The minimum absolute atomic E-state index is 0.765. The van der Waals surface area contributed by atoms with Gasteiger partial charge in [-0.1, -0.05) is 29.8 Å². The highest BCUT2D eigenvalue weighted by atomic mass is 15.1. The van der Waals surface area contributed by atoms with Gasteiger partial charge < -0.3 is 10.6 Å². The molecule has 2 rings (SSSR count). The van der Waals surface area contributed by atoms with Crippen molar-refractivity contribution < 1.29 is 0 Å². The van der Waals surface area contributed by atoms with Gasteiger partial charge in [0.1, 0.15) is 17.5 Å². The van der Waals surface area contributed by atoms with Crippen LogP contribution in [0.25, 0.3) is 0 Å². The van der Waals surface area contributed by atoms with Crippen molar-refractivity contribution >= 4 is 11.6 Å². The van der Waals surface area contributed by atoms with E-state index in [1.165, 1.54) is 11.1 Å². The number of nitrogens with zero attached hydrogens (tertiary/aromatic N) is 2. The SMILES string of the molecule is CNc1nc(C)nc(NCc2cccc(C)c2)c1C. The molecule has 0 fully saturated rings. The van der Waals surface area contributed by atoms with Gasteiger partial charge in [-0.2, -0.15) is 0 Å². The third kappa shape index (κ3) is 3.22. The summed E-state index contributed by atoms with van der Waals surface area (Å²) in [6.45, 7) is 6.78. The fourth-order valence-corrected chi connectivity index (χ4v) is 2.05. The standard InChI is InChI=1S/C15H20N4/c1-10-6-5-7-13(8-10)9-17-15-11(2)14(16-4)18-12(3)19-15/h5-8H,9H2,1-4H3,(H2,16,17,18,19). The molecule has 0 radical (unpaired) electrons. The molecule has 0 saturated heterocycles. The summed E-state index contributed by atoms with van der Waals surface area (Å²) >= 11 is 0. The van der Waals surface area contributed by atoms with Gasteiger partial charge in [-0.15, -0.1) is 0 Å². The summed E-state index contributed by atoms with van der Waals surface area (Å²) in [5.41, 5.74) is 3.56. The van der Waals surface area contributed by atoms with E-state index in [0.29, 0.717) is 0 Å². The van der Waals surface area contributed by atoms with Gasteiger partial charge in [0.15, 0.2) is 0 Å². The zero-order valence-corrected chi connectivity index (χ0v) is 11.9. The van der Waals surface area contributed by atoms with Crippen molar-refractivity contribution in [1.82, 2.24) is 9.97 Å². The average molecular weight is 256 g/mol. The Bertz CT molecular complexity index is 578. The van der Waals surface area contributed by atoms with Crippen LogP contribution in [0.2, 0.25) is 0 Å². The lowest BCUT2D eigenvalue weighted by atomic mass is 10.1. The number of aromatic nitrogens is 2. The molecular formula is C15H20N4. The number of hydrogen-bond donors (Lipinski definition) is 2. The van der Waals surface area contributed by atoms with Crippen LogP contribution < -0.4 is 10.6 Å². The average Bonchev–Trinajstić information content (AvgIpc) is 2.39. The van der Waals surface area contributed by atoms with E-state index in [0.717, 1.165) is 29.6 Å². The minimum Gasteiger partial charge on any atom is -0.373 e. The molecule has 0 spiro atoms. The van der Waals surface area contributed by atoms with Crippen molar-refractivity contribution in [3.8, 4) is 0 Å². The summed E-state index contributed by atoms with van der Waals surface area (Å²) in [4.78, 5) is 8.82. The molecule has 0 amide bonds. The summed E-state index contributed by atoms with van der Waals surface area (Å²) < 4.78 is 0. The van der Waals surface area contributed by atoms with Gasteiger partial charge >= 0.3 is 0 Å². The number of rotatable bonds is 4. The van der Waals surface area contributed by atoms with Gasteiger partial charge in [0.05, 0.1) is 0 Å². The zero-order chi connectivity index (χ0) is 13.8. The van der Waals surface area contributed by atoms with Crippen LogP contribution >= 0.6 is 0 Å². The van der Waals surface area contributed by atoms with E-state index in [9.17, 15) is 0 Å². The summed E-state index contributed by atoms with van der Waals surface area (Å²) in [5.74, 6) is 2.53. The molecule has 100 valence electrons. The smallest absolute Gasteiger partial charge is 0.135 e. The largest absolute Gasteiger partial charge is 0.373 e. The molecule has 19 heavy (non-hydrogen) atoms. The Morgan fingerprint density at radius 3 is 2.47 bits per heavy atom. The van der Waals surface area contributed by atoms with Gasteiger partial charge in [0.25, 0.3) is 0 Å². The molecule has 0 unspecified atom stereocenters. The van der Waals surface area contributed by atoms with Crippen LogP contribution in [0.4, 0.5) is 11.6 Å². The van der Waals surface area contributed by atoms with Gasteiger partial charge in [0, 0.05) is 19.2 Å². The predicted molar refractivity (Wildman–Crippen MR) is 79.6 cm³/mol. The van der Waals surface area contributed by atoms with Gasteiger partial charge in [0.2, 0.25) is 0 Å². The van der Waals surface area contributed by atoms with E-state index in [-0.39, 0.29) is 0 Å². The first-order valence-electron chi connectivity index (χ1n) is 6.42. The molecule has 0 aliphatic heterocycles.